The Labute approximate surface area is 93.5 Å². The Morgan fingerprint density at radius 2 is 2.19 bits per heavy atom. The quantitative estimate of drug-likeness (QED) is 0.828. The summed E-state index contributed by atoms with van der Waals surface area (Å²) in [5.41, 5.74) is 1.01. The highest BCUT2D eigenvalue weighted by Gasteiger charge is 1.98. The molecule has 5 heteroatoms. The molecule has 0 aliphatic rings. The van der Waals surface area contributed by atoms with Crippen molar-refractivity contribution in [2.24, 2.45) is 0 Å². The fourth-order valence-electron chi connectivity index (χ4n) is 1.26. The molecule has 2 aromatic heterocycles. The van der Waals surface area contributed by atoms with Gasteiger partial charge >= 0.3 is 0 Å². The Bertz CT molecular complexity index is 411. The van der Waals surface area contributed by atoms with Crippen molar-refractivity contribution in [2.75, 3.05) is 7.11 Å². The number of ether oxygens (including phenoxy) is 2. The fourth-order valence-corrected chi connectivity index (χ4v) is 1.26. The summed E-state index contributed by atoms with van der Waals surface area (Å²) >= 11 is 0. The van der Waals surface area contributed by atoms with E-state index < -0.39 is 0 Å². The molecule has 0 radical (unpaired) electrons. The lowest BCUT2D eigenvalue weighted by molar-refractivity contribution is 0.102. The van der Waals surface area contributed by atoms with E-state index in [-0.39, 0.29) is 0 Å². The molecule has 0 aromatic carbocycles. The SMILES string of the molecule is COc1ccc(COCc2ncc[nH]2)cn1. The van der Waals surface area contributed by atoms with E-state index >= 15 is 0 Å². The van der Waals surface area contributed by atoms with Crippen LogP contribution in [0.1, 0.15) is 11.4 Å². The molecule has 0 unspecified atom stereocenters. The fraction of sp³-hybridized carbons (Fsp3) is 0.273. The molecule has 2 rings (SSSR count). The van der Waals surface area contributed by atoms with Crippen molar-refractivity contribution < 1.29 is 9.47 Å². The van der Waals surface area contributed by atoms with Crippen LogP contribution in [-0.4, -0.2) is 22.1 Å². The topological polar surface area (TPSA) is 60.0 Å². The standard InChI is InChI=1S/C11H13N3O2/c1-15-11-3-2-9(6-14-11)7-16-8-10-12-4-5-13-10/h2-6H,7-8H2,1H3,(H,12,13). The number of rotatable bonds is 5. The minimum atomic E-state index is 0.471. The lowest BCUT2D eigenvalue weighted by Crippen LogP contribution is -1.96. The molecular formula is C11H13N3O2. The Hall–Kier alpha value is -1.88. The van der Waals surface area contributed by atoms with Crippen molar-refractivity contribution in [3.8, 4) is 5.88 Å². The maximum absolute atomic E-state index is 5.46. The molecule has 5 nitrogen and oxygen atoms in total. The maximum Gasteiger partial charge on any atom is 0.212 e. The van der Waals surface area contributed by atoms with Crippen molar-refractivity contribution in [1.29, 1.82) is 0 Å². The van der Waals surface area contributed by atoms with Gasteiger partial charge in [-0.15, -0.1) is 0 Å². The van der Waals surface area contributed by atoms with E-state index in [1.54, 1.807) is 25.7 Å². The zero-order valence-corrected chi connectivity index (χ0v) is 9.01. The van der Waals surface area contributed by atoms with E-state index in [1.165, 1.54) is 0 Å². The van der Waals surface area contributed by atoms with Gasteiger partial charge in [-0.1, -0.05) is 0 Å². The lowest BCUT2D eigenvalue weighted by Gasteiger charge is -2.03. The average molecular weight is 219 g/mol. The van der Waals surface area contributed by atoms with Crippen LogP contribution in [0.5, 0.6) is 5.88 Å². The van der Waals surface area contributed by atoms with Crippen LogP contribution in [-0.2, 0) is 18.0 Å². The van der Waals surface area contributed by atoms with E-state index in [4.69, 9.17) is 9.47 Å². The van der Waals surface area contributed by atoms with Crippen LogP contribution in [0.25, 0.3) is 0 Å². The number of aromatic nitrogens is 3. The van der Waals surface area contributed by atoms with Gasteiger partial charge in [0.1, 0.15) is 12.4 Å². The number of methoxy groups -OCH3 is 1. The average Bonchev–Trinajstić information content (AvgIpc) is 2.83. The normalized spacial score (nSPS) is 10.3. The monoisotopic (exact) mass is 219 g/mol. The van der Waals surface area contributed by atoms with Crippen molar-refractivity contribution >= 4 is 0 Å². The second kappa shape index (κ2) is 5.27. The first-order valence-electron chi connectivity index (χ1n) is 4.93. The highest BCUT2D eigenvalue weighted by Crippen LogP contribution is 2.08. The van der Waals surface area contributed by atoms with Gasteiger partial charge in [0.05, 0.1) is 13.7 Å². The summed E-state index contributed by atoms with van der Waals surface area (Å²) in [7, 11) is 1.59. The second-order valence-corrected chi connectivity index (χ2v) is 3.24. The summed E-state index contributed by atoms with van der Waals surface area (Å²) in [6.45, 7) is 0.983. The molecule has 2 heterocycles. The van der Waals surface area contributed by atoms with Crippen LogP contribution in [0.4, 0.5) is 0 Å². The van der Waals surface area contributed by atoms with E-state index in [0.29, 0.717) is 19.1 Å². The third-order valence-electron chi connectivity index (χ3n) is 2.07. The number of aromatic amines is 1. The Balaban J connectivity index is 1.81. The van der Waals surface area contributed by atoms with Gasteiger partial charge in [-0.2, -0.15) is 0 Å². The summed E-state index contributed by atoms with van der Waals surface area (Å²) < 4.78 is 10.4. The Morgan fingerprint density at radius 3 is 2.81 bits per heavy atom. The van der Waals surface area contributed by atoms with Crippen molar-refractivity contribution in [3.63, 3.8) is 0 Å². The van der Waals surface area contributed by atoms with Crippen LogP contribution < -0.4 is 4.74 Å². The van der Waals surface area contributed by atoms with Crippen LogP contribution >= 0.6 is 0 Å². The molecule has 0 saturated carbocycles. The third-order valence-corrected chi connectivity index (χ3v) is 2.07. The molecular weight excluding hydrogens is 206 g/mol. The summed E-state index contributed by atoms with van der Waals surface area (Å²) in [6.07, 6.45) is 5.21. The van der Waals surface area contributed by atoms with Gasteiger partial charge in [0.25, 0.3) is 0 Å². The van der Waals surface area contributed by atoms with Gasteiger partial charge in [0.15, 0.2) is 0 Å². The maximum atomic E-state index is 5.46. The molecule has 16 heavy (non-hydrogen) atoms. The first kappa shape index (κ1) is 10.6. The number of nitrogens with one attached hydrogen (secondary N) is 1. The molecule has 2 aromatic rings. The van der Waals surface area contributed by atoms with Crippen LogP contribution in [0, 0.1) is 0 Å². The Morgan fingerprint density at radius 1 is 1.25 bits per heavy atom. The summed E-state index contributed by atoms with van der Waals surface area (Å²) in [6, 6.07) is 3.74. The third kappa shape index (κ3) is 2.80. The van der Waals surface area contributed by atoms with Gasteiger partial charge in [0, 0.05) is 24.7 Å². The van der Waals surface area contributed by atoms with Gasteiger partial charge in [-0.25, -0.2) is 9.97 Å². The molecule has 0 amide bonds. The van der Waals surface area contributed by atoms with E-state index in [2.05, 4.69) is 15.0 Å². The van der Waals surface area contributed by atoms with Crippen molar-refractivity contribution in [2.45, 2.75) is 13.2 Å². The molecule has 0 bridgehead atoms. The molecule has 0 aliphatic heterocycles. The van der Waals surface area contributed by atoms with Crippen molar-refractivity contribution in [3.05, 3.63) is 42.1 Å². The molecule has 84 valence electrons. The number of nitrogens with zero attached hydrogens (tertiary/aromatic N) is 2. The smallest absolute Gasteiger partial charge is 0.212 e. The van der Waals surface area contributed by atoms with E-state index in [9.17, 15) is 0 Å². The zero-order valence-electron chi connectivity index (χ0n) is 9.01. The molecule has 0 spiro atoms. The largest absolute Gasteiger partial charge is 0.481 e. The number of imidazole rings is 1. The number of H-pyrrole nitrogens is 1. The van der Waals surface area contributed by atoms with Gasteiger partial charge in [-0.05, 0) is 11.6 Å². The molecule has 1 N–H and O–H groups in total. The minimum Gasteiger partial charge on any atom is -0.481 e. The first-order valence-corrected chi connectivity index (χ1v) is 4.93. The predicted octanol–water partition coefficient (Wildman–Crippen LogP) is 1.53. The van der Waals surface area contributed by atoms with Crippen LogP contribution in [0.3, 0.4) is 0 Å². The second-order valence-electron chi connectivity index (χ2n) is 3.24. The lowest BCUT2D eigenvalue weighted by atomic mass is 10.3. The highest BCUT2D eigenvalue weighted by molar-refractivity contribution is 5.16. The van der Waals surface area contributed by atoms with Crippen LogP contribution in [0.15, 0.2) is 30.7 Å². The summed E-state index contributed by atoms with van der Waals surface area (Å²) in [4.78, 5) is 11.1. The Kier molecular flexibility index (Phi) is 3.50. The molecule has 0 saturated heterocycles. The van der Waals surface area contributed by atoms with E-state index in [0.717, 1.165) is 11.4 Å². The van der Waals surface area contributed by atoms with Crippen LogP contribution in [0.2, 0.25) is 0 Å². The zero-order chi connectivity index (χ0) is 11.2. The molecule has 0 fully saturated rings. The van der Waals surface area contributed by atoms with Gasteiger partial charge < -0.3 is 14.5 Å². The minimum absolute atomic E-state index is 0.471. The number of pyridine rings is 1. The summed E-state index contributed by atoms with van der Waals surface area (Å²) in [5.74, 6) is 1.43. The van der Waals surface area contributed by atoms with E-state index in [1.807, 2.05) is 12.1 Å². The number of hydrogen-bond donors (Lipinski definition) is 1. The highest BCUT2D eigenvalue weighted by atomic mass is 16.5. The molecule has 0 aliphatic carbocycles. The van der Waals surface area contributed by atoms with Gasteiger partial charge in [-0.3, -0.25) is 0 Å². The summed E-state index contributed by atoms with van der Waals surface area (Å²) in [5, 5.41) is 0. The van der Waals surface area contributed by atoms with Crippen molar-refractivity contribution in [1.82, 2.24) is 15.0 Å². The molecule has 0 atom stereocenters. The predicted molar refractivity (Wildman–Crippen MR) is 57.9 cm³/mol. The van der Waals surface area contributed by atoms with Gasteiger partial charge in [0.2, 0.25) is 5.88 Å². The first-order chi connectivity index (χ1) is 7.88. The number of hydrogen-bond acceptors (Lipinski definition) is 4.